The number of rotatable bonds is 7. The first kappa shape index (κ1) is 21.2. The lowest BCUT2D eigenvalue weighted by molar-refractivity contribution is -0.137. The number of benzene rings is 2. The smallest absolute Gasteiger partial charge is 0.416 e. The van der Waals surface area contributed by atoms with Gasteiger partial charge in [-0.1, -0.05) is 12.1 Å². The number of aliphatic hydroxyl groups excluding tert-OH is 1. The van der Waals surface area contributed by atoms with Crippen LogP contribution in [0.15, 0.2) is 48.7 Å². The van der Waals surface area contributed by atoms with Crippen molar-refractivity contribution in [3.63, 3.8) is 0 Å². The van der Waals surface area contributed by atoms with Gasteiger partial charge in [0.05, 0.1) is 17.9 Å². The molecular weight excluding hydrogens is 409 g/mol. The lowest BCUT2D eigenvalue weighted by atomic mass is 9.75. The summed E-state index contributed by atoms with van der Waals surface area (Å²) >= 11 is 0. The zero-order valence-corrected chi connectivity index (χ0v) is 16.7. The van der Waals surface area contributed by atoms with Crippen LogP contribution in [0.1, 0.15) is 24.0 Å². The molecule has 0 radical (unpaired) electrons. The number of ether oxygens (including phenoxy) is 1. The van der Waals surface area contributed by atoms with Gasteiger partial charge in [0.15, 0.2) is 0 Å². The third-order valence-electron chi connectivity index (χ3n) is 5.72. The van der Waals surface area contributed by atoms with E-state index < -0.39 is 11.7 Å². The molecule has 0 unspecified atom stereocenters. The molecule has 1 saturated carbocycles. The molecule has 0 saturated heterocycles. The number of aliphatic hydroxyl groups is 1. The fourth-order valence-electron chi connectivity index (χ4n) is 3.77. The number of anilines is 1. The van der Waals surface area contributed by atoms with E-state index in [-0.39, 0.29) is 24.3 Å². The zero-order valence-electron chi connectivity index (χ0n) is 16.7. The second-order valence-electron chi connectivity index (χ2n) is 7.91. The highest BCUT2D eigenvalue weighted by Gasteiger charge is 2.34. The van der Waals surface area contributed by atoms with Crippen molar-refractivity contribution in [3.05, 3.63) is 59.8 Å². The molecule has 1 aliphatic rings. The normalized spacial score (nSPS) is 18.6. The Morgan fingerprint density at radius 3 is 2.58 bits per heavy atom. The van der Waals surface area contributed by atoms with Gasteiger partial charge in [0, 0.05) is 36.0 Å². The molecule has 3 aromatic rings. The number of alkyl halides is 3. The van der Waals surface area contributed by atoms with Crippen LogP contribution in [0.5, 0.6) is 5.75 Å². The molecule has 1 fully saturated rings. The first-order valence-electron chi connectivity index (χ1n) is 10.2. The molecule has 1 aromatic heterocycles. The number of carbonyl (C=O) groups excluding carboxylic acids is 1. The summed E-state index contributed by atoms with van der Waals surface area (Å²) in [6, 6.07) is 10.5. The van der Waals surface area contributed by atoms with Gasteiger partial charge in [0.25, 0.3) is 0 Å². The van der Waals surface area contributed by atoms with Gasteiger partial charge in [-0.15, -0.1) is 0 Å². The molecule has 164 valence electrons. The Hall–Kier alpha value is -3.00. The van der Waals surface area contributed by atoms with Crippen molar-refractivity contribution in [2.45, 2.75) is 25.4 Å². The molecule has 31 heavy (non-hydrogen) atoms. The van der Waals surface area contributed by atoms with Gasteiger partial charge in [0.2, 0.25) is 5.91 Å². The van der Waals surface area contributed by atoms with Crippen LogP contribution >= 0.6 is 0 Å². The fourth-order valence-corrected chi connectivity index (χ4v) is 3.77. The van der Waals surface area contributed by atoms with Crippen molar-refractivity contribution < 1.29 is 27.8 Å². The van der Waals surface area contributed by atoms with Gasteiger partial charge < -0.3 is 20.1 Å². The minimum Gasteiger partial charge on any atom is -0.493 e. The first-order valence-corrected chi connectivity index (χ1v) is 10.2. The molecule has 0 atom stereocenters. The van der Waals surface area contributed by atoms with E-state index in [2.05, 4.69) is 10.3 Å². The quantitative estimate of drug-likeness (QED) is 0.504. The lowest BCUT2D eigenvalue weighted by Crippen LogP contribution is -2.35. The number of nitrogens with one attached hydrogen (secondary N) is 2. The molecule has 1 heterocycles. The number of carbonyl (C=O) groups is 1. The Kier molecular flexibility index (Phi) is 5.91. The van der Waals surface area contributed by atoms with Crippen LogP contribution in [0.2, 0.25) is 0 Å². The first-order chi connectivity index (χ1) is 14.8. The van der Waals surface area contributed by atoms with Crippen molar-refractivity contribution in [3.8, 4) is 5.75 Å². The van der Waals surface area contributed by atoms with E-state index in [1.807, 2.05) is 12.1 Å². The average Bonchev–Trinajstić information content (AvgIpc) is 3.09. The number of hydrogen-bond acceptors (Lipinski definition) is 3. The number of hydrogen-bond donors (Lipinski definition) is 3. The standard InChI is InChI=1S/C23H23F3N2O3/c24-23(25,26)17-3-1-14(2-4-17)7-8-31-18-5-6-20-19(11-18)21(12-27-20)28-22(30)16-9-15(10-16)13-29/h1-6,11-12,15-16,27,29H,7-10,13H2,(H,28,30)/t15-,16-. The Morgan fingerprint density at radius 1 is 1.16 bits per heavy atom. The van der Waals surface area contributed by atoms with Crippen molar-refractivity contribution in [1.82, 2.24) is 4.98 Å². The largest absolute Gasteiger partial charge is 0.493 e. The minimum absolute atomic E-state index is 0.0563. The molecule has 1 amide bonds. The van der Waals surface area contributed by atoms with Crippen LogP contribution in [-0.4, -0.2) is 29.2 Å². The van der Waals surface area contributed by atoms with Crippen LogP contribution in [0.3, 0.4) is 0 Å². The lowest BCUT2D eigenvalue weighted by Gasteiger charge is -2.32. The molecule has 0 bridgehead atoms. The topological polar surface area (TPSA) is 74.4 Å². The molecule has 4 rings (SSSR count). The molecule has 0 spiro atoms. The van der Waals surface area contributed by atoms with E-state index in [1.165, 1.54) is 12.1 Å². The predicted octanol–water partition coefficient (Wildman–Crippen LogP) is 4.77. The maximum atomic E-state index is 12.6. The number of halogens is 3. The zero-order chi connectivity index (χ0) is 22.0. The Balaban J connectivity index is 1.35. The van der Waals surface area contributed by atoms with Crippen LogP contribution in [-0.2, 0) is 17.4 Å². The van der Waals surface area contributed by atoms with Gasteiger partial charge in [-0.25, -0.2) is 0 Å². The Morgan fingerprint density at radius 2 is 1.90 bits per heavy atom. The van der Waals surface area contributed by atoms with Crippen molar-refractivity contribution in [1.29, 1.82) is 0 Å². The molecule has 2 aromatic carbocycles. The van der Waals surface area contributed by atoms with E-state index in [1.54, 1.807) is 12.3 Å². The summed E-state index contributed by atoms with van der Waals surface area (Å²) in [7, 11) is 0. The van der Waals surface area contributed by atoms with Gasteiger partial charge >= 0.3 is 6.18 Å². The van der Waals surface area contributed by atoms with Crippen LogP contribution in [0, 0.1) is 11.8 Å². The number of aromatic nitrogens is 1. The van der Waals surface area contributed by atoms with Crippen LogP contribution in [0.4, 0.5) is 18.9 Å². The maximum Gasteiger partial charge on any atom is 0.416 e. The molecule has 5 nitrogen and oxygen atoms in total. The van der Waals surface area contributed by atoms with E-state index in [0.29, 0.717) is 37.3 Å². The SMILES string of the molecule is O=C(Nc1c[nH]c2ccc(OCCc3ccc(C(F)(F)F)cc3)cc12)[C@H]1C[C@H](CO)C1. The summed E-state index contributed by atoms with van der Waals surface area (Å²) in [5.41, 5.74) is 1.61. The molecule has 3 N–H and O–H groups in total. The average molecular weight is 432 g/mol. The summed E-state index contributed by atoms with van der Waals surface area (Å²) in [5, 5.41) is 12.9. The highest BCUT2D eigenvalue weighted by molar-refractivity contribution is 6.03. The molecule has 0 aliphatic heterocycles. The van der Waals surface area contributed by atoms with E-state index in [0.717, 1.165) is 28.6 Å². The van der Waals surface area contributed by atoms with Gasteiger partial charge in [-0.2, -0.15) is 13.2 Å². The van der Waals surface area contributed by atoms with Gasteiger partial charge in [-0.05, 0) is 54.7 Å². The maximum absolute atomic E-state index is 12.6. The monoisotopic (exact) mass is 432 g/mol. The third-order valence-corrected chi connectivity index (χ3v) is 5.72. The minimum atomic E-state index is -4.34. The Labute approximate surface area is 177 Å². The van der Waals surface area contributed by atoms with Crippen molar-refractivity contribution in [2.24, 2.45) is 11.8 Å². The van der Waals surface area contributed by atoms with E-state index >= 15 is 0 Å². The van der Waals surface area contributed by atoms with Gasteiger partial charge in [-0.3, -0.25) is 4.79 Å². The summed E-state index contributed by atoms with van der Waals surface area (Å²) in [6.07, 6.45) is -0.739. The van der Waals surface area contributed by atoms with Crippen LogP contribution in [0.25, 0.3) is 10.9 Å². The van der Waals surface area contributed by atoms with Gasteiger partial charge in [0.1, 0.15) is 5.75 Å². The highest BCUT2D eigenvalue weighted by atomic mass is 19.4. The Bertz CT molecular complexity index is 1050. The molecule has 8 heteroatoms. The highest BCUT2D eigenvalue weighted by Crippen LogP contribution is 2.35. The predicted molar refractivity (Wildman–Crippen MR) is 111 cm³/mol. The second kappa shape index (κ2) is 8.63. The van der Waals surface area contributed by atoms with E-state index in [4.69, 9.17) is 9.84 Å². The summed E-state index contributed by atoms with van der Waals surface area (Å²) in [5.74, 6) is 0.686. The number of fused-ring (bicyclic) bond motifs is 1. The summed E-state index contributed by atoms with van der Waals surface area (Å²) in [6.45, 7) is 0.428. The van der Waals surface area contributed by atoms with Crippen molar-refractivity contribution in [2.75, 3.05) is 18.5 Å². The second-order valence-corrected chi connectivity index (χ2v) is 7.91. The molecule has 1 aliphatic carbocycles. The molecular formula is C23H23F3N2O3. The summed E-state index contributed by atoms with van der Waals surface area (Å²) in [4.78, 5) is 15.5. The number of amides is 1. The van der Waals surface area contributed by atoms with E-state index in [9.17, 15) is 18.0 Å². The third kappa shape index (κ3) is 4.85. The summed E-state index contributed by atoms with van der Waals surface area (Å²) < 4.78 is 43.7. The fraction of sp³-hybridized carbons (Fsp3) is 0.348. The number of aromatic amines is 1. The van der Waals surface area contributed by atoms with Crippen molar-refractivity contribution >= 4 is 22.5 Å². The van der Waals surface area contributed by atoms with Crippen LogP contribution < -0.4 is 10.1 Å². The number of H-pyrrole nitrogens is 1.